The van der Waals surface area contributed by atoms with E-state index in [2.05, 4.69) is 10.5 Å². The van der Waals surface area contributed by atoms with Gasteiger partial charge in [-0.15, -0.1) is 0 Å². The highest BCUT2D eigenvalue weighted by Crippen LogP contribution is 2.30. The molecule has 0 aliphatic carbocycles. The van der Waals surface area contributed by atoms with Crippen LogP contribution in [-0.2, 0) is 47.8 Å². The van der Waals surface area contributed by atoms with Crippen molar-refractivity contribution in [3.63, 3.8) is 0 Å². The van der Waals surface area contributed by atoms with Gasteiger partial charge in [0, 0.05) is 40.3 Å². The number of esters is 3. The van der Waals surface area contributed by atoms with Gasteiger partial charge in [-0.05, 0) is 6.07 Å². The molecule has 1 fully saturated rings. The Labute approximate surface area is 206 Å². The van der Waals surface area contributed by atoms with E-state index in [1.165, 1.54) is 18.7 Å². The molecule has 0 bridgehead atoms. The maximum atomic E-state index is 12.7. The Bertz CT molecular complexity index is 1090. The Morgan fingerprint density at radius 2 is 1.64 bits per heavy atom. The lowest BCUT2D eigenvalue weighted by atomic mass is 9.96. The van der Waals surface area contributed by atoms with Gasteiger partial charge in [-0.1, -0.05) is 23.4 Å². The molecule has 0 saturated carbocycles. The number of benzene rings is 1. The van der Waals surface area contributed by atoms with Crippen LogP contribution in [0.1, 0.15) is 33.3 Å². The van der Waals surface area contributed by atoms with Crippen LogP contribution in [0.3, 0.4) is 0 Å². The highest BCUT2D eigenvalue weighted by molar-refractivity contribution is 6.54. The van der Waals surface area contributed by atoms with Crippen LogP contribution < -0.4 is 10.2 Å². The van der Waals surface area contributed by atoms with Gasteiger partial charge in [0.05, 0.1) is 5.69 Å². The summed E-state index contributed by atoms with van der Waals surface area (Å²) in [7, 11) is 1.58. The number of oxime groups is 1. The van der Waals surface area contributed by atoms with Gasteiger partial charge >= 0.3 is 17.9 Å². The number of amides is 2. The number of likely N-dealkylation sites (N-methyl/N-ethyl adjacent to an activating group) is 1. The van der Waals surface area contributed by atoms with Gasteiger partial charge in [0.1, 0.15) is 18.8 Å². The number of para-hydroxylation sites is 1. The van der Waals surface area contributed by atoms with Crippen molar-refractivity contribution >= 4 is 41.1 Å². The van der Waals surface area contributed by atoms with Crippen LogP contribution in [0.2, 0.25) is 0 Å². The fourth-order valence-corrected chi connectivity index (χ4v) is 3.92. The van der Waals surface area contributed by atoms with Gasteiger partial charge < -0.3 is 34.0 Å². The Hall–Kier alpha value is -4.00. The third kappa shape index (κ3) is 5.97. The zero-order valence-electron chi connectivity index (χ0n) is 20.4. The number of anilines is 1. The van der Waals surface area contributed by atoms with Crippen LogP contribution in [0, 0.1) is 0 Å². The van der Waals surface area contributed by atoms with Crippen molar-refractivity contribution in [2.45, 2.75) is 58.3 Å². The third-order valence-electron chi connectivity index (χ3n) is 5.35. The third-order valence-corrected chi connectivity index (χ3v) is 5.35. The van der Waals surface area contributed by atoms with Crippen LogP contribution in [0.25, 0.3) is 0 Å². The predicted molar refractivity (Wildman–Crippen MR) is 121 cm³/mol. The zero-order chi connectivity index (χ0) is 26.6. The first kappa shape index (κ1) is 26.6. The smallest absolute Gasteiger partial charge is 0.303 e. The van der Waals surface area contributed by atoms with E-state index in [0.29, 0.717) is 11.3 Å². The fraction of sp³-hybridized carbons (Fsp3) is 0.478. The molecule has 1 N–H and O–H groups in total. The van der Waals surface area contributed by atoms with Crippen molar-refractivity contribution in [1.29, 1.82) is 0 Å². The predicted octanol–water partition coefficient (Wildman–Crippen LogP) is 0.0398. The van der Waals surface area contributed by atoms with Crippen molar-refractivity contribution in [2.24, 2.45) is 5.16 Å². The maximum Gasteiger partial charge on any atom is 0.303 e. The van der Waals surface area contributed by atoms with Crippen LogP contribution in [0.5, 0.6) is 0 Å². The highest BCUT2D eigenvalue weighted by Gasteiger charge is 2.52. The molecule has 0 unspecified atom stereocenters. The average molecular weight is 505 g/mol. The Morgan fingerprint density at radius 3 is 2.25 bits per heavy atom. The van der Waals surface area contributed by atoms with Crippen molar-refractivity contribution < 1.29 is 47.8 Å². The van der Waals surface area contributed by atoms with Crippen LogP contribution >= 0.6 is 0 Å². The number of hydrogen-bond donors (Lipinski definition) is 1. The van der Waals surface area contributed by atoms with Crippen LogP contribution in [0.15, 0.2) is 29.4 Å². The van der Waals surface area contributed by atoms with E-state index in [4.69, 9.17) is 23.8 Å². The van der Waals surface area contributed by atoms with Gasteiger partial charge in [-0.25, -0.2) is 0 Å². The average Bonchev–Trinajstić information content (AvgIpc) is 3.03. The van der Waals surface area contributed by atoms with Gasteiger partial charge in [-0.3, -0.25) is 24.0 Å². The van der Waals surface area contributed by atoms with E-state index >= 15 is 0 Å². The number of nitrogens with zero attached hydrogens (tertiary/aromatic N) is 2. The van der Waals surface area contributed by atoms with E-state index in [1.807, 2.05) is 0 Å². The molecule has 2 amide bonds. The molecule has 194 valence electrons. The molecule has 2 aliphatic rings. The Balaban J connectivity index is 1.99. The normalized spacial score (nSPS) is 26.1. The molecule has 13 heteroatoms. The van der Waals surface area contributed by atoms with Crippen molar-refractivity contribution in [3.8, 4) is 0 Å². The van der Waals surface area contributed by atoms with Gasteiger partial charge in [-0.2, -0.15) is 0 Å². The Kier molecular flexibility index (Phi) is 8.25. The molecule has 13 nitrogen and oxygen atoms in total. The standard InChI is InChI=1S/C23H27N3O10/c1-11(27)24-19-21(34-14(4)30)20(33-13(3)29)17(10-32-12(2)28)35-23(19)36-25-18-15-8-6-7-9-16(15)26(5)22(18)31/h6-9,17,19-21,23H,10H2,1-5H3,(H,24,27)/b25-18-/t17-,19+,20+,21-,23+/m0/s1. The highest BCUT2D eigenvalue weighted by atomic mass is 16.8. The summed E-state index contributed by atoms with van der Waals surface area (Å²) >= 11 is 0. The summed E-state index contributed by atoms with van der Waals surface area (Å²) in [6, 6.07) is 5.71. The largest absolute Gasteiger partial charge is 0.463 e. The molecular weight excluding hydrogens is 478 g/mol. The van der Waals surface area contributed by atoms with Gasteiger partial charge in [0.25, 0.3) is 12.2 Å². The summed E-state index contributed by atoms with van der Waals surface area (Å²) in [6.07, 6.45) is -5.16. The lowest BCUT2D eigenvalue weighted by molar-refractivity contribution is -0.278. The molecule has 3 rings (SSSR count). The molecule has 0 spiro atoms. The quantitative estimate of drug-likeness (QED) is 0.304. The Morgan fingerprint density at radius 1 is 1.00 bits per heavy atom. The van der Waals surface area contributed by atoms with Crippen molar-refractivity contribution in [1.82, 2.24) is 5.32 Å². The maximum absolute atomic E-state index is 12.7. The van der Waals surface area contributed by atoms with Crippen LogP contribution in [-0.4, -0.2) is 79.7 Å². The summed E-state index contributed by atoms with van der Waals surface area (Å²) in [6.45, 7) is 4.26. The van der Waals surface area contributed by atoms with E-state index in [-0.39, 0.29) is 5.71 Å². The lowest BCUT2D eigenvalue weighted by Crippen LogP contribution is -2.66. The van der Waals surface area contributed by atoms with Crippen molar-refractivity contribution in [3.05, 3.63) is 29.8 Å². The number of nitrogens with one attached hydrogen (secondary N) is 1. The number of ether oxygens (including phenoxy) is 4. The number of carbonyl (C=O) groups excluding carboxylic acids is 5. The van der Waals surface area contributed by atoms with E-state index in [9.17, 15) is 24.0 Å². The van der Waals surface area contributed by atoms with Gasteiger partial charge in [0.2, 0.25) is 5.91 Å². The van der Waals surface area contributed by atoms with E-state index < -0.39 is 67.0 Å². The molecule has 1 saturated heterocycles. The molecule has 5 atom stereocenters. The van der Waals surface area contributed by atoms with E-state index in [0.717, 1.165) is 13.8 Å². The minimum atomic E-state index is -1.43. The molecule has 0 aromatic heterocycles. The first-order valence-corrected chi connectivity index (χ1v) is 11.0. The minimum absolute atomic E-state index is 0.0130. The first-order valence-electron chi connectivity index (χ1n) is 11.0. The molecule has 1 aromatic rings. The minimum Gasteiger partial charge on any atom is -0.463 e. The molecule has 2 aliphatic heterocycles. The van der Waals surface area contributed by atoms with E-state index in [1.54, 1.807) is 31.3 Å². The molecule has 0 radical (unpaired) electrons. The molecular formula is C23H27N3O10. The summed E-state index contributed by atoms with van der Waals surface area (Å²) < 4.78 is 21.6. The second-order valence-electron chi connectivity index (χ2n) is 8.15. The van der Waals surface area contributed by atoms with Crippen LogP contribution in [0.4, 0.5) is 5.69 Å². The summed E-state index contributed by atoms with van der Waals surface area (Å²) in [5, 5.41) is 6.56. The van der Waals surface area contributed by atoms with Crippen molar-refractivity contribution in [2.75, 3.05) is 18.6 Å². The topological polar surface area (TPSA) is 159 Å². The zero-order valence-corrected chi connectivity index (χ0v) is 20.4. The second kappa shape index (κ2) is 11.2. The van der Waals surface area contributed by atoms with Gasteiger partial charge in [0.15, 0.2) is 17.9 Å². The summed E-state index contributed by atoms with van der Waals surface area (Å²) in [4.78, 5) is 66.9. The second-order valence-corrected chi connectivity index (χ2v) is 8.15. The molecule has 1 aromatic carbocycles. The fourth-order valence-electron chi connectivity index (χ4n) is 3.92. The summed E-state index contributed by atoms with van der Waals surface area (Å²) in [5.74, 6) is -3.08. The number of carbonyl (C=O) groups is 5. The number of fused-ring (bicyclic) bond motifs is 1. The number of hydrogen-bond acceptors (Lipinski definition) is 11. The SMILES string of the molecule is CC(=O)N[C@H]1[C@@H](O/N=C2\C(=O)N(C)c3ccccc32)O[C@@H](COC(C)=O)[C@@H](OC(C)=O)[C@H]1OC(C)=O. The summed E-state index contributed by atoms with van der Waals surface area (Å²) in [5.41, 5.74) is 1.12. The first-order chi connectivity index (χ1) is 17.0. The number of rotatable bonds is 7. The molecule has 36 heavy (non-hydrogen) atoms. The monoisotopic (exact) mass is 505 g/mol. The molecule has 2 heterocycles. The lowest BCUT2D eigenvalue weighted by Gasteiger charge is -2.43.